The van der Waals surface area contributed by atoms with E-state index in [9.17, 15) is 24.6 Å². The van der Waals surface area contributed by atoms with Crippen molar-refractivity contribution >= 4 is 34.9 Å². The Morgan fingerprint density at radius 2 is 1.85 bits per heavy atom. The molecule has 344 valence electrons. The van der Waals surface area contributed by atoms with Crippen molar-refractivity contribution < 1.29 is 57.2 Å². The van der Waals surface area contributed by atoms with Gasteiger partial charge in [0, 0.05) is 24.1 Å². The number of oxime groups is 1. The Labute approximate surface area is 362 Å². The Hall–Kier alpha value is -4.20. The number of halogens is 1. The highest BCUT2D eigenvalue weighted by molar-refractivity contribution is 6.08. The second-order valence-corrected chi connectivity index (χ2v) is 17.8. The summed E-state index contributed by atoms with van der Waals surface area (Å²) in [4.78, 5) is 62.3. The van der Waals surface area contributed by atoms with Crippen molar-refractivity contribution in [3.05, 3.63) is 30.2 Å². The van der Waals surface area contributed by atoms with E-state index >= 15 is 4.39 Å². The van der Waals surface area contributed by atoms with E-state index in [2.05, 4.69) is 20.1 Å². The number of ketones is 1. The molecule has 62 heavy (non-hydrogen) atoms. The number of nitrogens with zero attached hydrogens (tertiary/aromatic N) is 5. The average Bonchev–Trinajstić information content (AvgIpc) is 3.69. The Morgan fingerprint density at radius 1 is 1.13 bits per heavy atom. The summed E-state index contributed by atoms with van der Waals surface area (Å²) in [5, 5.41) is 28.5. The number of aromatic nitrogens is 2. The van der Waals surface area contributed by atoms with E-state index < -0.39 is 77.0 Å². The minimum Gasteiger partial charge on any atom is -0.457 e. The molecule has 17 nitrogen and oxygen atoms in total. The number of hydrogen-bond donors (Lipinski definition) is 3. The number of anilines is 1. The summed E-state index contributed by atoms with van der Waals surface area (Å²) in [5.74, 6) is -5.18. The third kappa shape index (κ3) is 11.1. The lowest BCUT2D eigenvalue weighted by Gasteiger charge is -2.47. The molecule has 5 rings (SSSR count). The number of cyclic esters (lactones) is 1. The number of amides is 1. The van der Waals surface area contributed by atoms with E-state index in [4.69, 9.17) is 33.9 Å². The molecule has 3 aliphatic rings. The Kier molecular flexibility index (Phi) is 15.8. The van der Waals surface area contributed by atoms with Gasteiger partial charge in [0.25, 0.3) is 5.67 Å². The van der Waals surface area contributed by atoms with Gasteiger partial charge in [0.1, 0.15) is 41.3 Å². The molecule has 2 aromatic rings. The fourth-order valence-electron chi connectivity index (χ4n) is 8.79. The molecule has 3 fully saturated rings. The van der Waals surface area contributed by atoms with Crippen LogP contribution in [-0.2, 0) is 44.8 Å². The summed E-state index contributed by atoms with van der Waals surface area (Å²) in [6, 6.07) is 4.68. The Bertz CT molecular complexity index is 1950. The quantitative estimate of drug-likeness (QED) is 0.171. The van der Waals surface area contributed by atoms with Crippen LogP contribution in [0.1, 0.15) is 106 Å². The summed E-state index contributed by atoms with van der Waals surface area (Å²) in [6.45, 7) is 12.2. The maximum Gasteiger partial charge on any atom is 0.351 e. The minimum absolute atomic E-state index is 0.0496. The van der Waals surface area contributed by atoms with E-state index in [1.807, 2.05) is 32.8 Å². The van der Waals surface area contributed by atoms with Crippen LogP contribution in [0.5, 0.6) is 0 Å². The average molecular weight is 873 g/mol. The van der Waals surface area contributed by atoms with Crippen molar-refractivity contribution in [3.8, 4) is 11.6 Å². The Morgan fingerprint density at radius 3 is 2.52 bits per heavy atom. The number of carbonyl (C=O) groups is 3. The summed E-state index contributed by atoms with van der Waals surface area (Å²) >= 11 is 0. The highest BCUT2D eigenvalue weighted by Gasteiger charge is 2.55. The number of Topliss-reactive ketones (excluding diaryl/α,β-unsaturated/α-hetero) is 1. The van der Waals surface area contributed by atoms with Gasteiger partial charge < -0.3 is 49.0 Å². The van der Waals surface area contributed by atoms with Crippen LogP contribution in [0.4, 0.5) is 10.2 Å². The topological polar surface area (TPSA) is 231 Å². The molecule has 2 bridgehead atoms. The molecule has 0 aliphatic carbocycles. The molecule has 3 saturated heterocycles. The molecule has 0 unspecified atom stereocenters. The molecule has 1 amide bonds. The van der Waals surface area contributed by atoms with Crippen molar-refractivity contribution in [1.82, 2.24) is 14.9 Å². The molecule has 2 aromatic heterocycles. The van der Waals surface area contributed by atoms with Crippen LogP contribution in [0.25, 0.3) is 11.6 Å². The van der Waals surface area contributed by atoms with Gasteiger partial charge in [-0.1, -0.05) is 38.9 Å². The molecule has 5 heterocycles. The minimum atomic E-state index is -3.19. The highest BCUT2D eigenvalue weighted by Crippen LogP contribution is 2.41. The molecular weight excluding hydrogens is 808 g/mol. The van der Waals surface area contributed by atoms with Crippen molar-refractivity contribution in [2.45, 2.75) is 161 Å². The lowest BCUT2D eigenvalue weighted by Crippen LogP contribution is -2.60. The first-order valence-corrected chi connectivity index (χ1v) is 21.5. The highest BCUT2D eigenvalue weighted by atomic mass is 19.1. The second-order valence-electron chi connectivity index (χ2n) is 17.8. The van der Waals surface area contributed by atoms with Crippen LogP contribution in [0.3, 0.4) is 0 Å². The van der Waals surface area contributed by atoms with E-state index in [1.165, 1.54) is 20.1 Å². The number of rotatable bonds is 9. The molecule has 0 radical (unpaired) electrons. The van der Waals surface area contributed by atoms with Crippen molar-refractivity contribution in [2.24, 2.45) is 27.9 Å². The number of esters is 1. The van der Waals surface area contributed by atoms with Gasteiger partial charge >= 0.3 is 5.97 Å². The van der Waals surface area contributed by atoms with Gasteiger partial charge in [-0.2, -0.15) is 0 Å². The predicted octanol–water partition coefficient (Wildman–Crippen LogP) is 5.00. The Balaban J connectivity index is 1.64. The number of hydrogen-bond acceptors (Lipinski definition) is 16. The number of nitrogen functional groups attached to an aromatic ring is 1. The molecule has 3 aliphatic heterocycles. The number of ether oxygens (including phenoxy) is 4. The van der Waals surface area contributed by atoms with Gasteiger partial charge in [0.05, 0.1) is 30.1 Å². The fraction of sp³-hybridized carbons (Fsp3) is 0.705. The summed E-state index contributed by atoms with van der Waals surface area (Å²) < 4.78 is 48.0. The second kappa shape index (κ2) is 20.1. The van der Waals surface area contributed by atoms with Gasteiger partial charge in [-0.25, -0.2) is 24.1 Å². The van der Waals surface area contributed by atoms with E-state index in [0.717, 1.165) is 6.92 Å². The van der Waals surface area contributed by atoms with Gasteiger partial charge in [-0.3, -0.25) is 9.59 Å². The third-order valence-electron chi connectivity index (χ3n) is 12.6. The van der Waals surface area contributed by atoms with Crippen LogP contribution < -0.4 is 5.73 Å². The SMILES string of the molecule is CCC(=O)N=C1C[C@H]2CC/C(=N\OCc3coc(-c4cccc(N)n4)n3)CO[C@](C)(C[C@H]1C)[C@H](O[C@@H]1O[C@H](C)C[C@H](N(C)C)[C@H]1O)[C@@H](C)C(=O)[C@](C)(F)C(=O)O[C@H](CC)[C@@]2(C)O. The zero-order chi connectivity index (χ0) is 45.7. The lowest BCUT2D eigenvalue weighted by atomic mass is 9.73. The van der Waals surface area contributed by atoms with E-state index in [1.54, 1.807) is 39.0 Å². The number of pyridine rings is 1. The van der Waals surface area contributed by atoms with E-state index in [-0.39, 0.29) is 69.6 Å². The summed E-state index contributed by atoms with van der Waals surface area (Å²) in [7, 11) is 3.64. The zero-order valence-electron chi connectivity index (χ0n) is 37.6. The molecule has 0 spiro atoms. The fourth-order valence-corrected chi connectivity index (χ4v) is 8.79. The van der Waals surface area contributed by atoms with Crippen LogP contribution in [0.15, 0.2) is 39.0 Å². The molecule has 12 atom stereocenters. The van der Waals surface area contributed by atoms with Crippen molar-refractivity contribution in [2.75, 3.05) is 26.4 Å². The standard InChI is InChI=1S/C44H65FN6O11/c1-11-33-44(8,56)27-16-17-28(50-59-23-29-21-57-39(47-29)30-14-13-15-34(46)48-30)22-58-42(6,20-24(3)31(19-27)49-35(52)12-2)38(26(5)37(54)43(7,45)41(55)61-33)62-40-36(53)32(51(9)10)18-25(4)60-40/h13-15,21,24-27,32-33,36,38,40,53,56H,11-12,16-20,22-23H2,1-10H3,(H2,46,48)/b49-31?,50-28+/t24-,25-,26+,27-,32+,33-,36-,38-,40+,42-,43+,44+/m1/s1. The van der Waals surface area contributed by atoms with Crippen LogP contribution in [0.2, 0.25) is 0 Å². The monoisotopic (exact) mass is 872 g/mol. The number of aliphatic hydroxyl groups is 2. The number of nitrogens with two attached hydrogens (primary N) is 1. The lowest BCUT2D eigenvalue weighted by molar-refractivity contribution is -0.296. The smallest absolute Gasteiger partial charge is 0.351 e. The number of oxazole rings is 1. The largest absolute Gasteiger partial charge is 0.457 e. The summed E-state index contributed by atoms with van der Waals surface area (Å²) in [6.07, 6.45) is -2.95. The molecule has 18 heteroatoms. The van der Waals surface area contributed by atoms with Gasteiger partial charge in [0.15, 0.2) is 18.7 Å². The molecular formula is C44H65FN6O11. The first kappa shape index (κ1) is 48.8. The molecule has 0 aromatic carbocycles. The van der Waals surface area contributed by atoms with Crippen molar-refractivity contribution in [3.63, 3.8) is 0 Å². The maximum atomic E-state index is 16.9. The molecule has 0 saturated carbocycles. The third-order valence-corrected chi connectivity index (χ3v) is 12.6. The van der Waals surface area contributed by atoms with E-state index in [0.29, 0.717) is 35.0 Å². The number of aliphatic imine (C=N–C) groups is 1. The van der Waals surface area contributed by atoms with Crippen LogP contribution in [0, 0.1) is 17.8 Å². The van der Waals surface area contributed by atoms with Gasteiger partial charge in [0.2, 0.25) is 11.8 Å². The van der Waals surface area contributed by atoms with Gasteiger partial charge in [-0.15, -0.1) is 0 Å². The zero-order valence-corrected chi connectivity index (χ0v) is 37.6. The number of alkyl halides is 1. The van der Waals surface area contributed by atoms with Crippen LogP contribution >= 0.6 is 0 Å². The first-order chi connectivity index (χ1) is 29.1. The van der Waals surface area contributed by atoms with Crippen LogP contribution in [-0.4, -0.2) is 128 Å². The summed E-state index contributed by atoms with van der Waals surface area (Å²) in [5.41, 5.74) is 0.972. The predicted molar refractivity (Wildman–Crippen MR) is 226 cm³/mol. The number of likely N-dealkylation sites (N-methyl/N-ethyl adjacent to an activating group) is 1. The molecule has 4 N–H and O–H groups in total. The number of carbonyl (C=O) groups excluding carboxylic acids is 3. The maximum absolute atomic E-state index is 16.9. The number of aliphatic hydroxyl groups excluding tert-OH is 1. The normalized spacial score (nSPS) is 36.8. The number of fused-ring (bicyclic) bond motifs is 5. The van der Waals surface area contributed by atoms with Crippen molar-refractivity contribution in [1.29, 1.82) is 0 Å². The van der Waals surface area contributed by atoms with Gasteiger partial charge in [-0.05, 0) is 104 Å². The first-order valence-electron chi connectivity index (χ1n) is 21.5.